The van der Waals surface area contributed by atoms with E-state index in [2.05, 4.69) is 28.5 Å². The summed E-state index contributed by atoms with van der Waals surface area (Å²) in [6.07, 6.45) is 5.95. The molecule has 1 aromatic carbocycles. The van der Waals surface area contributed by atoms with Gasteiger partial charge in [0, 0.05) is 50.1 Å². The number of piperidine rings is 1. The molecule has 0 aliphatic carbocycles. The van der Waals surface area contributed by atoms with Crippen LogP contribution in [0, 0.1) is 0 Å². The number of aromatic nitrogens is 2. The molecule has 26 heavy (non-hydrogen) atoms. The summed E-state index contributed by atoms with van der Waals surface area (Å²) < 4.78 is 2.22. The second-order valence-corrected chi connectivity index (χ2v) is 7.23. The number of carbonyl (C=O) groups excluding carboxylic acids is 1. The first-order valence-corrected chi connectivity index (χ1v) is 9.23. The molecule has 2 aromatic rings. The zero-order chi connectivity index (χ0) is 18.5. The van der Waals surface area contributed by atoms with E-state index in [1.54, 1.807) is 12.1 Å². The van der Waals surface area contributed by atoms with Crippen LogP contribution in [0.4, 0.5) is 0 Å². The van der Waals surface area contributed by atoms with Gasteiger partial charge in [-0.2, -0.15) is 0 Å². The van der Waals surface area contributed by atoms with Crippen LogP contribution in [0.15, 0.2) is 36.7 Å². The minimum Gasteiger partial charge on any atom is -0.392 e. The Hall–Kier alpha value is -2.18. The third-order valence-electron chi connectivity index (χ3n) is 4.99. The summed E-state index contributed by atoms with van der Waals surface area (Å²) in [4.78, 5) is 21.5. The van der Waals surface area contributed by atoms with Crippen molar-refractivity contribution in [2.24, 2.45) is 0 Å². The van der Waals surface area contributed by atoms with Crippen LogP contribution in [-0.4, -0.2) is 64.1 Å². The van der Waals surface area contributed by atoms with E-state index in [-0.39, 0.29) is 18.4 Å². The number of aliphatic hydroxyl groups excluding tert-OH is 1. The smallest absolute Gasteiger partial charge is 0.253 e. The van der Waals surface area contributed by atoms with E-state index < -0.39 is 0 Å². The highest BCUT2D eigenvalue weighted by molar-refractivity contribution is 5.94. The molecule has 6 nitrogen and oxygen atoms in total. The molecule has 1 amide bonds. The quantitative estimate of drug-likeness (QED) is 0.859. The maximum absolute atomic E-state index is 12.8. The number of hydrogen-bond donors (Lipinski definition) is 1. The Kier molecular flexibility index (Phi) is 6.06. The molecule has 1 aliphatic heterocycles. The maximum atomic E-state index is 12.8. The summed E-state index contributed by atoms with van der Waals surface area (Å²) in [5.74, 6) is 1.42. The second-order valence-electron chi connectivity index (χ2n) is 7.23. The van der Waals surface area contributed by atoms with Gasteiger partial charge >= 0.3 is 0 Å². The van der Waals surface area contributed by atoms with Gasteiger partial charge in [-0.25, -0.2) is 4.98 Å². The Morgan fingerprint density at radius 1 is 1.31 bits per heavy atom. The standard InChI is InChI=1S/C20H28N4O2/c1-22(2)12-13-23-11-9-21-19(23)18-4-3-10-24(14-18)20(26)17-7-5-16(15-25)6-8-17/h5-9,11,18,25H,3-4,10,12-15H2,1-2H3/t18-/m1/s1. The minimum atomic E-state index is -0.00410. The van der Waals surface area contributed by atoms with E-state index in [4.69, 9.17) is 5.11 Å². The molecule has 3 rings (SSSR count). The predicted molar refractivity (Wildman–Crippen MR) is 101 cm³/mol. The number of likely N-dealkylation sites (N-methyl/N-ethyl adjacent to an activating group) is 1. The molecular formula is C20H28N4O2. The van der Waals surface area contributed by atoms with Crippen molar-refractivity contribution >= 4 is 5.91 Å². The molecule has 0 spiro atoms. The number of rotatable bonds is 6. The molecule has 1 atom stereocenters. The van der Waals surface area contributed by atoms with Crippen LogP contribution in [0.3, 0.4) is 0 Å². The SMILES string of the molecule is CN(C)CCn1ccnc1[C@@H]1CCCN(C(=O)c2ccc(CO)cc2)C1. The largest absolute Gasteiger partial charge is 0.392 e. The first kappa shape index (κ1) is 18.6. The Balaban J connectivity index is 1.69. The van der Waals surface area contributed by atoms with Gasteiger partial charge in [-0.15, -0.1) is 0 Å². The lowest BCUT2D eigenvalue weighted by Gasteiger charge is -2.33. The van der Waals surface area contributed by atoms with E-state index in [9.17, 15) is 4.79 Å². The summed E-state index contributed by atoms with van der Waals surface area (Å²) in [6.45, 7) is 3.37. The summed E-state index contributed by atoms with van der Waals surface area (Å²) in [7, 11) is 4.14. The fourth-order valence-corrected chi connectivity index (χ4v) is 3.49. The number of carbonyl (C=O) groups is 1. The lowest BCUT2D eigenvalue weighted by molar-refractivity contribution is 0.0703. The average molecular weight is 356 g/mol. The van der Waals surface area contributed by atoms with Gasteiger partial charge in [0.1, 0.15) is 5.82 Å². The van der Waals surface area contributed by atoms with Crippen LogP contribution in [-0.2, 0) is 13.2 Å². The first-order chi connectivity index (χ1) is 12.6. The second kappa shape index (κ2) is 8.47. The number of aliphatic hydroxyl groups is 1. The Morgan fingerprint density at radius 3 is 2.77 bits per heavy atom. The number of likely N-dealkylation sites (tertiary alicyclic amines) is 1. The van der Waals surface area contributed by atoms with E-state index in [0.29, 0.717) is 12.1 Å². The van der Waals surface area contributed by atoms with Crippen molar-refractivity contribution in [3.05, 3.63) is 53.6 Å². The Morgan fingerprint density at radius 2 is 2.08 bits per heavy atom. The van der Waals surface area contributed by atoms with Crippen LogP contribution in [0.25, 0.3) is 0 Å². The highest BCUT2D eigenvalue weighted by atomic mass is 16.3. The number of imidazole rings is 1. The molecule has 6 heteroatoms. The van der Waals surface area contributed by atoms with Crippen LogP contribution in [0.2, 0.25) is 0 Å². The van der Waals surface area contributed by atoms with Crippen molar-refractivity contribution in [1.29, 1.82) is 0 Å². The Labute approximate surface area is 155 Å². The highest BCUT2D eigenvalue weighted by Gasteiger charge is 2.28. The zero-order valence-corrected chi connectivity index (χ0v) is 15.6. The molecule has 1 N–H and O–H groups in total. The van der Waals surface area contributed by atoms with Crippen LogP contribution in [0.5, 0.6) is 0 Å². The highest BCUT2D eigenvalue weighted by Crippen LogP contribution is 2.27. The molecule has 0 saturated carbocycles. The third-order valence-corrected chi connectivity index (χ3v) is 4.99. The molecule has 1 aliphatic rings. The molecule has 1 aromatic heterocycles. The van der Waals surface area contributed by atoms with Crippen LogP contribution < -0.4 is 0 Å². The van der Waals surface area contributed by atoms with Gasteiger partial charge in [-0.1, -0.05) is 12.1 Å². The molecule has 0 radical (unpaired) electrons. The topological polar surface area (TPSA) is 61.6 Å². The van der Waals surface area contributed by atoms with Gasteiger partial charge in [0.15, 0.2) is 0 Å². The zero-order valence-electron chi connectivity index (χ0n) is 15.6. The molecule has 0 unspecified atom stereocenters. The van der Waals surface area contributed by atoms with E-state index in [1.165, 1.54) is 0 Å². The van der Waals surface area contributed by atoms with E-state index in [1.807, 2.05) is 29.4 Å². The summed E-state index contributed by atoms with van der Waals surface area (Å²) in [5, 5.41) is 9.15. The fourth-order valence-electron chi connectivity index (χ4n) is 3.49. The van der Waals surface area contributed by atoms with Gasteiger partial charge < -0.3 is 19.5 Å². The molecular weight excluding hydrogens is 328 g/mol. The number of amides is 1. The van der Waals surface area contributed by atoms with Gasteiger partial charge in [-0.05, 0) is 44.6 Å². The van der Waals surface area contributed by atoms with Crippen molar-refractivity contribution in [2.45, 2.75) is 31.9 Å². The van der Waals surface area contributed by atoms with Gasteiger partial charge in [0.05, 0.1) is 6.61 Å². The summed E-state index contributed by atoms with van der Waals surface area (Å²) >= 11 is 0. The lowest BCUT2D eigenvalue weighted by atomic mass is 9.96. The van der Waals surface area contributed by atoms with E-state index in [0.717, 1.165) is 43.9 Å². The average Bonchev–Trinajstić information content (AvgIpc) is 3.14. The monoisotopic (exact) mass is 356 g/mol. The minimum absolute atomic E-state index is 0.00410. The molecule has 140 valence electrons. The maximum Gasteiger partial charge on any atom is 0.253 e. The Bertz CT molecular complexity index is 724. The van der Waals surface area contributed by atoms with E-state index >= 15 is 0 Å². The van der Waals surface area contributed by atoms with Crippen molar-refractivity contribution in [2.75, 3.05) is 33.7 Å². The normalized spacial score (nSPS) is 17.7. The van der Waals surface area contributed by atoms with Gasteiger partial charge in [0.2, 0.25) is 0 Å². The number of hydrogen-bond acceptors (Lipinski definition) is 4. The molecule has 2 heterocycles. The number of nitrogens with zero attached hydrogens (tertiary/aromatic N) is 4. The van der Waals surface area contributed by atoms with Gasteiger partial charge in [0.25, 0.3) is 5.91 Å². The lowest BCUT2D eigenvalue weighted by Crippen LogP contribution is -2.39. The van der Waals surface area contributed by atoms with Crippen molar-refractivity contribution < 1.29 is 9.90 Å². The summed E-state index contributed by atoms with van der Waals surface area (Å²) in [5.41, 5.74) is 1.50. The fraction of sp³-hybridized carbons (Fsp3) is 0.500. The van der Waals surface area contributed by atoms with Crippen molar-refractivity contribution in [3.8, 4) is 0 Å². The van der Waals surface area contributed by atoms with Crippen LogP contribution >= 0.6 is 0 Å². The van der Waals surface area contributed by atoms with Crippen molar-refractivity contribution in [1.82, 2.24) is 19.4 Å². The van der Waals surface area contributed by atoms with Gasteiger partial charge in [-0.3, -0.25) is 4.79 Å². The third kappa shape index (κ3) is 4.31. The summed E-state index contributed by atoms with van der Waals surface area (Å²) in [6, 6.07) is 7.22. The predicted octanol–water partition coefficient (Wildman–Crippen LogP) is 1.96. The molecule has 1 fully saturated rings. The first-order valence-electron chi connectivity index (χ1n) is 9.23. The van der Waals surface area contributed by atoms with Crippen LogP contribution in [0.1, 0.15) is 40.5 Å². The number of benzene rings is 1. The molecule has 1 saturated heterocycles. The molecule has 0 bridgehead atoms. The van der Waals surface area contributed by atoms with Crippen molar-refractivity contribution in [3.63, 3.8) is 0 Å².